The molecule has 0 saturated heterocycles. The van der Waals surface area contributed by atoms with Gasteiger partial charge in [-0.1, -0.05) is 71.1 Å². The summed E-state index contributed by atoms with van der Waals surface area (Å²) in [7, 11) is -2.24. The quantitative estimate of drug-likeness (QED) is 0.325. The standard InChI is InChI=1S/C18H37NO4S/c1-3-4-5-6-7-8-9-10-11-12-13-15-18(20)19(2)16-14-17-24(21,22)23/h3-17H2,1-2H3,(H,21,22,23). The fourth-order valence-electron chi connectivity index (χ4n) is 2.74. The zero-order valence-electron chi connectivity index (χ0n) is 15.6. The number of hydrogen-bond acceptors (Lipinski definition) is 3. The van der Waals surface area contributed by atoms with E-state index in [4.69, 9.17) is 4.55 Å². The third-order valence-electron chi connectivity index (χ3n) is 4.32. The lowest BCUT2D eigenvalue weighted by atomic mass is 10.1. The van der Waals surface area contributed by atoms with E-state index in [0.717, 1.165) is 12.8 Å². The van der Waals surface area contributed by atoms with Gasteiger partial charge in [0.25, 0.3) is 10.1 Å². The van der Waals surface area contributed by atoms with E-state index >= 15 is 0 Å². The molecule has 0 unspecified atom stereocenters. The van der Waals surface area contributed by atoms with Crippen molar-refractivity contribution in [3.05, 3.63) is 0 Å². The molecule has 0 spiro atoms. The van der Waals surface area contributed by atoms with Gasteiger partial charge >= 0.3 is 0 Å². The Morgan fingerprint density at radius 2 is 1.29 bits per heavy atom. The number of hydrogen-bond donors (Lipinski definition) is 1. The van der Waals surface area contributed by atoms with Gasteiger partial charge in [0, 0.05) is 20.0 Å². The van der Waals surface area contributed by atoms with Gasteiger partial charge in [0.05, 0.1) is 5.75 Å². The highest BCUT2D eigenvalue weighted by atomic mass is 32.2. The van der Waals surface area contributed by atoms with Crippen molar-refractivity contribution in [1.82, 2.24) is 4.90 Å². The van der Waals surface area contributed by atoms with Crippen LogP contribution >= 0.6 is 0 Å². The number of carbonyl (C=O) groups is 1. The minimum atomic E-state index is -3.92. The zero-order chi connectivity index (χ0) is 18.3. The SMILES string of the molecule is CCCCCCCCCCCCCC(=O)N(C)CCCS(=O)(=O)O. The predicted molar refractivity (Wildman–Crippen MR) is 99.7 cm³/mol. The van der Waals surface area contributed by atoms with E-state index in [-0.39, 0.29) is 18.1 Å². The molecule has 1 N–H and O–H groups in total. The molecule has 1 amide bonds. The van der Waals surface area contributed by atoms with Gasteiger partial charge in [-0.2, -0.15) is 8.42 Å². The highest BCUT2D eigenvalue weighted by molar-refractivity contribution is 7.85. The summed E-state index contributed by atoms with van der Waals surface area (Å²) in [5.74, 6) is -0.232. The number of carbonyl (C=O) groups excluding carboxylic acids is 1. The molecule has 0 aliphatic carbocycles. The van der Waals surface area contributed by atoms with Crippen LogP contribution < -0.4 is 0 Å². The maximum absolute atomic E-state index is 11.9. The van der Waals surface area contributed by atoms with Crippen molar-refractivity contribution in [2.24, 2.45) is 0 Å². The molecule has 0 bridgehead atoms. The van der Waals surface area contributed by atoms with Gasteiger partial charge in [0.1, 0.15) is 0 Å². The Balaban J connectivity index is 3.42. The summed E-state index contributed by atoms with van der Waals surface area (Å²) in [5, 5.41) is 0. The van der Waals surface area contributed by atoms with Crippen LogP contribution in [0.4, 0.5) is 0 Å². The second-order valence-electron chi connectivity index (χ2n) is 6.74. The molecule has 0 heterocycles. The first-order valence-corrected chi connectivity index (χ1v) is 11.2. The molecule has 144 valence electrons. The Bertz CT molecular complexity index is 409. The second kappa shape index (κ2) is 14.7. The number of unbranched alkanes of at least 4 members (excludes halogenated alkanes) is 10. The molecule has 0 rings (SSSR count). The average molecular weight is 364 g/mol. The van der Waals surface area contributed by atoms with Crippen molar-refractivity contribution in [2.75, 3.05) is 19.3 Å². The van der Waals surface area contributed by atoms with Crippen LogP contribution in [-0.4, -0.2) is 43.1 Å². The Kier molecular flexibility index (Phi) is 14.3. The largest absolute Gasteiger partial charge is 0.346 e. The van der Waals surface area contributed by atoms with Crippen molar-refractivity contribution >= 4 is 16.0 Å². The molecule has 5 nitrogen and oxygen atoms in total. The van der Waals surface area contributed by atoms with Gasteiger partial charge in [-0.3, -0.25) is 9.35 Å². The van der Waals surface area contributed by atoms with Gasteiger partial charge in [0.15, 0.2) is 0 Å². The van der Waals surface area contributed by atoms with Gasteiger partial charge < -0.3 is 4.90 Å². The lowest BCUT2D eigenvalue weighted by molar-refractivity contribution is -0.130. The summed E-state index contributed by atoms with van der Waals surface area (Å²) in [6, 6.07) is 0. The van der Waals surface area contributed by atoms with Crippen molar-refractivity contribution in [1.29, 1.82) is 0 Å². The lowest BCUT2D eigenvalue weighted by Gasteiger charge is -2.16. The van der Waals surface area contributed by atoms with Gasteiger partial charge in [-0.25, -0.2) is 0 Å². The van der Waals surface area contributed by atoms with Gasteiger partial charge in [-0.15, -0.1) is 0 Å². The van der Waals surface area contributed by atoms with E-state index in [1.807, 2.05) is 0 Å². The van der Waals surface area contributed by atoms with Crippen molar-refractivity contribution in [2.45, 2.75) is 90.4 Å². The van der Waals surface area contributed by atoms with Gasteiger partial charge in [-0.05, 0) is 12.8 Å². The van der Waals surface area contributed by atoms with Crippen LogP contribution in [0.2, 0.25) is 0 Å². The minimum absolute atomic E-state index is 0.0567. The van der Waals surface area contributed by atoms with Gasteiger partial charge in [0.2, 0.25) is 5.91 Å². The highest BCUT2D eigenvalue weighted by Crippen LogP contribution is 2.12. The van der Waals surface area contributed by atoms with E-state index in [2.05, 4.69) is 6.92 Å². The Labute approximate surface area is 148 Å². The number of rotatable bonds is 16. The Morgan fingerprint density at radius 3 is 1.75 bits per heavy atom. The molecular weight excluding hydrogens is 326 g/mol. The first kappa shape index (κ1) is 23.4. The summed E-state index contributed by atoms with van der Waals surface area (Å²) in [6.45, 7) is 2.61. The molecule has 0 aromatic carbocycles. The van der Waals surface area contributed by atoms with Crippen LogP contribution in [0.3, 0.4) is 0 Å². The van der Waals surface area contributed by atoms with E-state index in [1.165, 1.54) is 57.8 Å². The van der Waals surface area contributed by atoms with Crippen molar-refractivity contribution in [3.63, 3.8) is 0 Å². The number of amides is 1. The topological polar surface area (TPSA) is 74.7 Å². The molecule has 0 atom stereocenters. The van der Waals surface area contributed by atoms with Crippen molar-refractivity contribution < 1.29 is 17.8 Å². The van der Waals surface area contributed by atoms with Crippen LogP contribution in [0.25, 0.3) is 0 Å². The van der Waals surface area contributed by atoms with Crippen LogP contribution in [0.15, 0.2) is 0 Å². The first-order chi connectivity index (χ1) is 11.4. The monoisotopic (exact) mass is 363 g/mol. The maximum atomic E-state index is 11.9. The van der Waals surface area contributed by atoms with E-state index < -0.39 is 10.1 Å². The summed E-state index contributed by atoms with van der Waals surface area (Å²) in [6.07, 6.45) is 14.6. The van der Waals surface area contributed by atoms with Crippen LogP contribution in [0.1, 0.15) is 90.4 Å². The molecule has 0 aliphatic heterocycles. The van der Waals surface area contributed by atoms with Crippen LogP contribution in [-0.2, 0) is 14.9 Å². The van der Waals surface area contributed by atoms with E-state index in [0.29, 0.717) is 13.0 Å². The molecule has 24 heavy (non-hydrogen) atoms. The average Bonchev–Trinajstić information content (AvgIpc) is 2.51. The fourth-order valence-corrected chi connectivity index (χ4v) is 3.23. The molecule has 0 aromatic rings. The molecule has 0 radical (unpaired) electrons. The summed E-state index contributed by atoms with van der Waals surface area (Å²) in [4.78, 5) is 13.4. The fraction of sp³-hybridized carbons (Fsp3) is 0.944. The maximum Gasteiger partial charge on any atom is 0.264 e. The minimum Gasteiger partial charge on any atom is -0.346 e. The number of nitrogens with zero attached hydrogens (tertiary/aromatic N) is 1. The van der Waals surface area contributed by atoms with E-state index in [1.54, 1.807) is 11.9 Å². The second-order valence-corrected chi connectivity index (χ2v) is 8.31. The van der Waals surface area contributed by atoms with Crippen LogP contribution in [0.5, 0.6) is 0 Å². The van der Waals surface area contributed by atoms with Crippen molar-refractivity contribution in [3.8, 4) is 0 Å². The summed E-state index contributed by atoms with van der Waals surface area (Å²) < 4.78 is 29.9. The highest BCUT2D eigenvalue weighted by Gasteiger charge is 2.10. The molecule has 0 aromatic heterocycles. The smallest absolute Gasteiger partial charge is 0.264 e. The first-order valence-electron chi connectivity index (χ1n) is 9.56. The lowest BCUT2D eigenvalue weighted by Crippen LogP contribution is -2.28. The molecule has 0 fully saturated rings. The summed E-state index contributed by atoms with van der Waals surface area (Å²) in [5.41, 5.74) is 0. The zero-order valence-corrected chi connectivity index (χ0v) is 16.5. The molecular formula is C18H37NO4S. The third kappa shape index (κ3) is 16.2. The van der Waals surface area contributed by atoms with Crippen LogP contribution in [0, 0.1) is 0 Å². The normalized spacial score (nSPS) is 11.6. The Hall–Kier alpha value is -0.620. The molecule has 0 aliphatic rings. The predicted octanol–water partition coefficient (Wildman–Crippen LogP) is 4.42. The van der Waals surface area contributed by atoms with E-state index in [9.17, 15) is 13.2 Å². The third-order valence-corrected chi connectivity index (χ3v) is 5.12. The molecule has 6 heteroatoms. The molecule has 0 saturated carbocycles. The Morgan fingerprint density at radius 1 is 0.833 bits per heavy atom. The summed E-state index contributed by atoms with van der Waals surface area (Å²) >= 11 is 0.